The minimum absolute atomic E-state index is 0.0765. The maximum Gasteiger partial charge on any atom is 0.573 e. The molecular weight excluding hydrogens is 579 g/mol. The lowest BCUT2D eigenvalue weighted by Gasteiger charge is -2.40. The lowest BCUT2D eigenvalue weighted by molar-refractivity contribution is -0.302. The van der Waals surface area contributed by atoms with Gasteiger partial charge in [-0.05, 0) is 94.8 Å². The molecule has 4 rings (SSSR count). The number of ether oxygens (including phenoxy) is 3. The lowest BCUT2D eigenvalue weighted by Crippen LogP contribution is -2.40. The molecule has 0 spiro atoms. The number of alkyl halides is 7. The molecule has 1 aromatic rings. The maximum atomic E-state index is 14.9. The molecular formula is C30H39F9O3. The zero-order valence-corrected chi connectivity index (χ0v) is 23.6. The van der Waals surface area contributed by atoms with Crippen LogP contribution in [0.15, 0.2) is 12.1 Å². The second-order valence-electron chi connectivity index (χ2n) is 12.3. The van der Waals surface area contributed by atoms with Crippen LogP contribution >= 0.6 is 0 Å². The molecule has 0 unspecified atom stereocenters. The summed E-state index contributed by atoms with van der Waals surface area (Å²) in [5, 5.41) is 0. The van der Waals surface area contributed by atoms with Crippen molar-refractivity contribution >= 4 is 0 Å². The quantitative estimate of drug-likeness (QED) is 0.244. The first-order chi connectivity index (χ1) is 19.7. The molecule has 42 heavy (non-hydrogen) atoms. The number of hydrogen-bond acceptors (Lipinski definition) is 3. The number of benzene rings is 1. The van der Waals surface area contributed by atoms with Gasteiger partial charge in [0.15, 0.2) is 11.6 Å². The molecule has 3 aliphatic rings. The van der Waals surface area contributed by atoms with Gasteiger partial charge in [-0.1, -0.05) is 19.8 Å². The van der Waals surface area contributed by atoms with Crippen LogP contribution in [0.4, 0.5) is 39.5 Å². The normalized spacial score (nSPS) is 29.8. The Bertz CT molecular complexity index is 985. The maximum absolute atomic E-state index is 14.9. The third-order valence-electron chi connectivity index (χ3n) is 9.42. The molecule has 0 heterocycles. The standard InChI is InChI=1S/C30H39F9O3/c1-2-3-18-4-10-21(11-5-18)28(33,34)40-23-14-8-20(9-15-23)19-6-12-22(13-7-19)29(35,36)41-24-16-25(31)27(26(32)17-24)42-30(37,38)39/h16-23H,2-15H2,1H3. The Morgan fingerprint density at radius 1 is 0.643 bits per heavy atom. The summed E-state index contributed by atoms with van der Waals surface area (Å²) in [5.74, 6) is -7.47. The van der Waals surface area contributed by atoms with E-state index in [-0.39, 0.29) is 36.8 Å². The van der Waals surface area contributed by atoms with Crippen molar-refractivity contribution in [2.24, 2.45) is 29.6 Å². The Kier molecular flexibility index (Phi) is 10.6. The highest BCUT2D eigenvalue weighted by Crippen LogP contribution is 2.47. The van der Waals surface area contributed by atoms with Crippen LogP contribution < -0.4 is 9.47 Å². The Morgan fingerprint density at radius 2 is 1.12 bits per heavy atom. The van der Waals surface area contributed by atoms with E-state index in [1.54, 1.807) is 0 Å². The van der Waals surface area contributed by atoms with E-state index in [1.807, 2.05) is 0 Å². The van der Waals surface area contributed by atoms with Gasteiger partial charge >= 0.3 is 18.6 Å². The highest BCUT2D eigenvalue weighted by molar-refractivity contribution is 5.35. The summed E-state index contributed by atoms with van der Waals surface area (Å²) in [7, 11) is 0. The fraction of sp³-hybridized carbons (Fsp3) is 0.800. The van der Waals surface area contributed by atoms with Crippen molar-refractivity contribution in [3.63, 3.8) is 0 Å². The van der Waals surface area contributed by atoms with Crippen molar-refractivity contribution < 1.29 is 53.7 Å². The zero-order valence-electron chi connectivity index (χ0n) is 23.6. The predicted molar refractivity (Wildman–Crippen MR) is 136 cm³/mol. The van der Waals surface area contributed by atoms with Crippen molar-refractivity contribution in [1.29, 1.82) is 0 Å². The van der Waals surface area contributed by atoms with Crippen LogP contribution in [0.25, 0.3) is 0 Å². The first-order valence-electron chi connectivity index (χ1n) is 15.0. The minimum atomic E-state index is -5.36. The topological polar surface area (TPSA) is 27.7 Å². The molecule has 0 bridgehead atoms. The molecule has 0 amide bonds. The Labute approximate surface area is 240 Å². The molecule has 0 saturated heterocycles. The number of rotatable bonds is 10. The number of hydrogen-bond donors (Lipinski definition) is 0. The van der Waals surface area contributed by atoms with Crippen LogP contribution in [0, 0.1) is 41.2 Å². The van der Waals surface area contributed by atoms with Gasteiger partial charge in [-0.25, -0.2) is 8.78 Å². The summed E-state index contributed by atoms with van der Waals surface area (Å²) in [6, 6.07) is 0.455. The summed E-state index contributed by atoms with van der Waals surface area (Å²) in [6.07, 6.45) is -4.69. The van der Waals surface area contributed by atoms with Gasteiger partial charge in [-0.2, -0.15) is 17.6 Å². The largest absolute Gasteiger partial charge is 0.573 e. The number of halogens is 9. The molecule has 3 nitrogen and oxygen atoms in total. The highest BCUT2D eigenvalue weighted by Gasteiger charge is 2.47. The van der Waals surface area contributed by atoms with E-state index >= 15 is 0 Å². The van der Waals surface area contributed by atoms with Crippen molar-refractivity contribution in [3.05, 3.63) is 23.8 Å². The monoisotopic (exact) mass is 618 g/mol. The van der Waals surface area contributed by atoms with Gasteiger partial charge in [0.1, 0.15) is 5.75 Å². The Morgan fingerprint density at radius 3 is 1.62 bits per heavy atom. The van der Waals surface area contributed by atoms with Crippen LogP contribution in [0.3, 0.4) is 0 Å². The van der Waals surface area contributed by atoms with Crippen molar-refractivity contribution in [2.75, 3.05) is 0 Å². The van der Waals surface area contributed by atoms with Gasteiger partial charge in [-0.3, -0.25) is 0 Å². The van der Waals surface area contributed by atoms with Crippen molar-refractivity contribution in [2.45, 2.75) is 121 Å². The van der Waals surface area contributed by atoms with E-state index in [0.29, 0.717) is 57.3 Å². The fourth-order valence-corrected chi connectivity index (χ4v) is 7.17. The zero-order chi connectivity index (χ0) is 30.7. The van der Waals surface area contributed by atoms with E-state index in [4.69, 9.17) is 4.74 Å². The molecule has 3 saturated carbocycles. The second kappa shape index (κ2) is 13.4. The minimum Gasteiger partial charge on any atom is -0.432 e. The smallest absolute Gasteiger partial charge is 0.432 e. The fourth-order valence-electron chi connectivity index (χ4n) is 7.17. The lowest BCUT2D eigenvalue weighted by atomic mass is 9.70. The van der Waals surface area contributed by atoms with Crippen LogP contribution in [0.2, 0.25) is 0 Å². The summed E-state index contributed by atoms with van der Waals surface area (Å²) in [4.78, 5) is 0. The third kappa shape index (κ3) is 8.62. The second-order valence-corrected chi connectivity index (χ2v) is 12.3. The molecule has 3 fully saturated rings. The van der Waals surface area contributed by atoms with Crippen LogP contribution in [0.1, 0.15) is 96.8 Å². The summed E-state index contributed by atoms with van der Waals surface area (Å²) in [5.41, 5.74) is 0. The first kappa shape index (κ1) is 33.1. The molecule has 0 aliphatic heterocycles. The molecule has 12 heteroatoms. The van der Waals surface area contributed by atoms with Gasteiger partial charge in [0.05, 0.1) is 17.9 Å². The van der Waals surface area contributed by atoms with E-state index in [2.05, 4.69) is 16.4 Å². The molecule has 0 atom stereocenters. The summed E-state index contributed by atoms with van der Waals surface area (Å²) in [6.45, 7) is 2.11. The predicted octanol–water partition coefficient (Wildman–Crippen LogP) is 10.4. The summed E-state index contributed by atoms with van der Waals surface area (Å²) >= 11 is 0. The molecule has 1 aromatic carbocycles. The van der Waals surface area contributed by atoms with E-state index in [1.165, 1.54) is 0 Å². The van der Waals surface area contributed by atoms with Gasteiger partial charge in [0.25, 0.3) is 0 Å². The Hall–Kier alpha value is -1.85. The average molecular weight is 619 g/mol. The highest BCUT2D eigenvalue weighted by atomic mass is 19.4. The Balaban J connectivity index is 1.22. The van der Waals surface area contributed by atoms with Gasteiger partial charge in [0.2, 0.25) is 5.75 Å². The average Bonchev–Trinajstić information content (AvgIpc) is 2.91. The van der Waals surface area contributed by atoms with Crippen LogP contribution in [-0.2, 0) is 4.74 Å². The molecule has 0 radical (unpaired) electrons. The van der Waals surface area contributed by atoms with Gasteiger partial charge < -0.3 is 14.2 Å². The van der Waals surface area contributed by atoms with E-state index < -0.39 is 59.7 Å². The molecule has 240 valence electrons. The summed E-state index contributed by atoms with van der Waals surface area (Å²) < 4.78 is 138. The van der Waals surface area contributed by atoms with Crippen LogP contribution in [0.5, 0.6) is 11.5 Å². The third-order valence-corrected chi connectivity index (χ3v) is 9.42. The molecule has 3 aliphatic carbocycles. The first-order valence-corrected chi connectivity index (χ1v) is 15.0. The van der Waals surface area contributed by atoms with Gasteiger partial charge in [0, 0.05) is 12.1 Å². The van der Waals surface area contributed by atoms with E-state index in [9.17, 15) is 39.5 Å². The van der Waals surface area contributed by atoms with Crippen molar-refractivity contribution in [3.8, 4) is 11.5 Å². The van der Waals surface area contributed by atoms with Crippen molar-refractivity contribution in [1.82, 2.24) is 0 Å². The van der Waals surface area contributed by atoms with Crippen LogP contribution in [-0.4, -0.2) is 24.7 Å². The SMILES string of the molecule is CCCC1CCC(C(F)(F)OC2CCC(C3CCC(C(F)(F)Oc4cc(F)c(OC(F)(F)F)c(F)c4)CC3)CC2)CC1. The van der Waals surface area contributed by atoms with E-state index in [0.717, 1.165) is 25.7 Å². The molecule has 0 aromatic heterocycles. The molecule has 0 N–H and O–H groups in total. The van der Waals surface area contributed by atoms with Gasteiger partial charge in [-0.15, -0.1) is 13.2 Å².